The Balaban J connectivity index is 1.61. The van der Waals surface area contributed by atoms with Gasteiger partial charge < -0.3 is 5.32 Å². The van der Waals surface area contributed by atoms with Gasteiger partial charge in [0.1, 0.15) is 5.01 Å². The maximum atomic E-state index is 12.7. The Morgan fingerprint density at radius 3 is 2.42 bits per heavy atom. The van der Waals surface area contributed by atoms with E-state index in [0.29, 0.717) is 22.3 Å². The van der Waals surface area contributed by atoms with Gasteiger partial charge in [-0.15, -0.1) is 10.2 Å². The number of aromatic nitrogens is 2. The van der Waals surface area contributed by atoms with Crippen LogP contribution in [0.3, 0.4) is 0 Å². The second-order valence-corrected chi connectivity index (χ2v) is 8.62. The first-order valence-electron chi connectivity index (χ1n) is 10.6. The lowest BCUT2D eigenvalue weighted by Gasteiger charge is -2.13. The summed E-state index contributed by atoms with van der Waals surface area (Å²) in [5, 5.41) is 15.4. The summed E-state index contributed by atoms with van der Waals surface area (Å²) in [6.07, 6.45) is 2.32. The molecule has 0 aliphatic rings. The number of nitrogens with one attached hydrogen (secondary N) is 2. The second-order valence-electron chi connectivity index (χ2n) is 7.55. The van der Waals surface area contributed by atoms with E-state index < -0.39 is 0 Å². The van der Waals surface area contributed by atoms with Gasteiger partial charge in [0.25, 0.3) is 5.91 Å². The number of carbonyl (C=O) groups is 2. The Bertz CT molecular complexity index is 1020. The van der Waals surface area contributed by atoms with Crippen LogP contribution in [0.2, 0.25) is 0 Å². The smallest absolute Gasteiger partial charge is 0.257 e. The Labute approximate surface area is 187 Å². The van der Waals surface area contributed by atoms with Crippen molar-refractivity contribution in [1.29, 1.82) is 0 Å². The van der Waals surface area contributed by atoms with Crippen molar-refractivity contribution < 1.29 is 9.59 Å². The third-order valence-electron chi connectivity index (χ3n) is 5.29. The molecule has 2 aromatic carbocycles. The minimum Gasteiger partial charge on any atom is -0.326 e. The first kappa shape index (κ1) is 22.6. The number of hydrogen-bond donors (Lipinski definition) is 2. The quantitative estimate of drug-likeness (QED) is 0.463. The van der Waals surface area contributed by atoms with Gasteiger partial charge in [0.15, 0.2) is 0 Å². The Kier molecular flexibility index (Phi) is 7.89. The standard InChI is InChI=1S/C24H28N4O2S/c1-4-17(5-2)22(29)25-20-13-9-12-19(15-20)23(30)26-24-28-27-21(31-24)14-16(3)18-10-7-6-8-11-18/h6-13,15-17H,4-5,14H2,1-3H3,(H,25,29)(H,26,28,30). The number of amides is 2. The van der Waals surface area contributed by atoms with E-state index in [-0.39, 0.29) is 17.7 Å². The zero-order chi connectivity index (χ0) is 22.2. The lowest BCUT2D eigenvalue weighted by atomic mass is 9.98. The highest BCUT2D eigenvalue weighted by molar-refractivity contribution is 7.15. The van der Waals surface area contributed by atoms with Crippen molar-refractivity contribution in [2.24, 2.45) is 5.92 Å². The van der Waals surface area contributed by atoms with Crippen molar-refractivity contribution in [1.82, 2.24) is 10.2 Å². The molecule has 7 heteroatoms. The molecule has 0 aliphatic carbocycles. The van der Waals surface area contributed by atoms with E-state index >= 15 is 0 Å². The van der Waals surface area contributed by atoms with E-state index in [1.165, 1.54) is 16.9 Å². The summed E-state index contributed by atoms with van der Waals surface area (Å²) in [4.78, 5) is 25.0. The minimum atomic E-state index is -0.280. The van der Waals surface area contributed by atoms with Gasteiger partial charge >= 0.3 is 0 Å². The number of anilines is 2. The number of nitrogens with zero attached hydrogens (tertiary/aromatic N) is 2. The summed E-state index contributed by atoms with van der Waals surface area (Å²) < 4.78 is 0. The van der Waals surface area contributed by atoms with E-state index in [1.807, 2.05) is 32.0 Å². The summed E-state index contributed by atoms with van der Waals surface area (Å²) in [5.41, 5.74) is 2.31. The van der Waals surface area contributed by atoms with Crippen LogP contribution in [-0.2, 0) is 11.2 Å². The third kappa shape index (κ3) is 6.21. The van der Waals surface area contributed by atoms with Crippen molar-refractivity contribution in [2.75, 3.05) is 10.6 Å². The Morgan fingerprint density at radius 2 is 1.71 bits per heavy atom. The van der Waals surface area contributed by atoms with Crippen LogP contribution in [0.4, 0.5) is 10.8 Å². The van der Waals surface area contributed by atoms with Crippen LogP contribution in [0, 0.1) is 5.92 Å². The Morgan fingerprint density at radius 1 is 0.968 bits per heavy atom. The summed E-state index contributed by atoms with van der Waals surface area (Å²) in [6, 6.07) is 17.2. The van der Waals surface area contributed by atoms with Gasteiger partial charge in [-0.1, -0.05) is 68.5 Å². The normalized spacial score (nSPS) is 11.9. The fourth-order valence-corrected chi connectivity index (χ4v) is 4.22. The third-order valence-corrected chi connectivity index (χ3v) is 6.15. The largest absolute Gasteiger partial charge is 0.326 e. The monoisotopic (exact) mass is 436 g/mol. The van der Waals surface area contributed by atoms with E-state index in [0.717, 1.165) is 24.3 Å². The first-order chi connectivity index (χ1) is 15.0. The molecule has 1 atom stereocenters. The molecule has 0 saturated carbocycles. The maximum absolute atomic E-state index is 12.7. The van der Waals surface area contributed by atoms with Gasteiger partial charge in [-0.3, -0.25) is 14.9 Å². The number of carbonyl (C=O) groups excluding carboxylic acids is 2. The molecule has 1 unspecified atom stereocenters. The highest BCUT2D eigenvalue weighted by atomic mass is 32.1. The van der Waals surface area contributed by atoms with Crippen LogP contribution in [0.15, 0.2) is 54.6 Å². The van der Waals surface area contributed by atoms with Gasteiger partial charge in [0, 0.05) is 23.6 Å². The second kappa shape index (κ2) is 10.8. The van der Waals surface area contributed by atoms with Crippen LogP contribution in [0.25, 0.3) is 0 Å². The van der Waals surface area contributed by atoms with Crippen molar-refractivity contribution in [3.63, 3.8) is 0 Å². The predicted molar refractivity (Wildman–Crippen MR) is 126 cm³/mol. The lowest BCUT2D eigenvalue weighted by Crippen LogP contribution is -2.22. The zero-order valence-electron chi connectivity index (χ0n) is 18.1. The fraction of sp³-hybridized carbons (Fsp3) is 0.333. The van der Waals surface area contributed by atoms with Gasteiger partial charge in [0.05, 0.1) is 0 Å². The summed E-state index contributed by atoms with van der Waals surface area (Å²) in [7, 11) is 0. The van der Waals surface area contributed by atoms with E-state index in [9.17, 15) is 9.59 Å². The molecule has 0 radical (unpaired) electrons. The molecule has 2 amide bonds. The molecule has 31 heavy (non-hydrogen) atoms. The molecule has 0 bridgehead atoms. The van der Waals surface area contributed by atoms with Crippen molar-refractivity contribution >= 4 is 34.0 Å². The van der Waals surface area contributed by atoms with E-state index in [1.54, 1.807) is 24.3 Å². The van der Waals surface area contributed by atoms with E-state index in [2.05, 4.69) is 39.9 Å². The molecule has 0 saturated heterocycles. The summed E-state index contributed by atoms with van der Waals surface area (Å²) in [5.74, 6) is -0.0232. The van der Waals surface area contributed by atoms with Crippen molar-refractivity contribution in [3.05, 3.63) is 70.7 Å². The number of benzene rings is 2. The average molecular weight is 437 g/mol. The zero-order valence-corrected chi connectivity index (χ0v) is 18.9. The summed E-state index contributed by atoms with van der Waals surface area (Å²) in [6.45, 7) is 6.14. The van der Waals surface area contributed by atoms with Crippen LogP contribution < -0.4 is 10.6 Å². The van der Waals surface area contributed by atoms with Gasteiger partial charge in [-0.2, -0.15) is 0 Å². The molecular weight excluding hydrogens is 408 g/mol. The molecule has 6 nitrogen and oxygen atoms in total. The van der Waals surface area contributed by atoms with Crippen molar-refractivity contribution in [3.8, 4) is 0 Å². The molecule has 3 rings (SSSR count). The van der Waals surface area contributed by atoms with Crippen molar-refractivity contribution in [2.45, 2.75) is 46.0 Å². The molecule has 0 aliphatic heterocycles. The topological polar surface area (TPSA) is 84.0 Å². The maximum Gasteiger partial charge on any atom is 0.257 e. The molecule has 3 aromatic rings. The number of rotatable bonds is 9. The van der Waals surface area contributed by atoms with Crippen LogP contribution >= 0.6 is 11.3 Å². The predicted octanol–water partition coefficient (Wildman–Crippen LogP) is 5.51. The lowest BCUT2D eigenvalue weighted by molar-refractivity contribution is -0.120. The average Bonchev–Trinajstić information content (AvgIpc) is 3.22. The first-order valence-corrected chi connectivity index (χ1v) is 11.4. The van der Waals surface area contributed by atoms with Crippen LogP contribution in [0.5, 0.6) is 0 Å². The SMILES string of the molecule is CCC(CC)C(=O)Nc1cccc(C(=O)Nc2nnc(CC(C)c3ccccc3)s2)c1. The molecule has 0 fully saturated rings. The summed E-state index contributed by atoms with van der Waals surface area (Å²) >= 11 is 1.38. The molecule has 1 aromatic heterocycles. The van der Waals surface area contributed by atoms with Crippen LogP contribution in [-0.4, -0.2) is 22.0 Å². The highest BCUT2D eigenvalue weighted by Crippen LogP contribution is 2.24. The molecular formula is C24H28N4O2S. The minimum absolute atomic E-state index is 0.0242. The Hall–Kier alpha value is -3.06. The molecule has 2 N–H and O–H groups in total. The van der Waals surface area contributed by atoms with E-state index in [4.69, 9.17) is 0 Å². The number of hydrogen-bond acceptors (Lipinski definition) is 5. The molecule has 0 spiro atoms. The molecule has 162 valence electrons. The molecule has 1 heterocycles. The fourth-order valence-electron chi connectivity index (χ4n) is 3.36. The van der Waals surface area contributed by atoms with Crippen LogP contribution in [0.1, 0.15) is 60.5 Å². The van der Waals surface area contributed by atoms with Gasteiger partial charge in [-0.05, 0) is 42.5 Å². The van der Waals surface area contributed by atoms with Gasteiger partial charge in [0.2, 0.25) is 11.0 Å². The van der Waals surface area contributed by atoms with Gasteiger partial charge in [-0.25, -0.2) is 0 Å². The highest BCUT2D eigenvalue weighted by Gasteiger charge is 2.16.